The topological polar surface area (TPSA) is 55.1 Å². The van der Waals surface area contributed by atoms with Crippen LogP contribution in [0.1, 0.15) is 19.3 Å². The summed E-state index contributed by atoms with van der Waals surface area (Å²) in [5.74, 6) is -0.230. The molecular formula is C13H16BrFN2O. The van der Waals surface area contributed by atoms with E-state index < -0.39 is 0 Å². The van der Waals surface area contributed by atoms with E-state index in [1.54, 1.807) is 6.07 Å². The van der Waals surface area contributed by atoms with Crippen LogP contribution in [-0.2, 0) is 4.79 Å². The van der Waals surface area contributed by atoms with E-state index in [9.17, 15) is 9.18 Å². The second-order valence-electron chi connectivity index (χ2n) is 4.65. The number of carbonyl (C=O) groups excluding carboxylic acids is 1. The van der Waals surface area contributed by atoms with Gasteiger partial charge in [-0.1, -0.05) is 6.42 Å². The molecule has 0 aromatic heterocycles. The first-order valence-electron chi connectivity index (χ1n) is 6.08. The van der Waals surface area contributed by atoms with Crippen molar-refractivity contribution in [2.45, 2.75) is 19.3 Å². The molecule has 3 N–H and O–H groups in total. The van der Waals surface area contributed by atoms with Crippen molar-refractivity contribution in [2.75, 3.05) is 11.9 Å². The fourth-order valence-electron chi connectivity index (χ4n) is 2.48. The molecule has 1 aliphatic rings. The van der Waals surface area contributed by atoms with Crippen LogP contribution in [0, 0.1) is 17.7 Å². The molecule has 0 radical (unpaired) electrons. The van der Waals surface area contributed by atoms with Gasteiger partial charge in [-0.05, 0) is 59.4 Å². The molecule has 1 aromatic carbocycles. The third-order valence-electron chi connectivity index (χ3n) is 3.48. The summed E-state index contributed by atoms with van der Waals surface area (Å²) >= 11 is 3.29. The van der Waals surface area contributed by atoms with Gasteiger partial charge >= 0.3 is 0 Å². The number of nitrogens with two attached hydrogens (primary N) is 1. The Kier molecular flexibility index (Phi) is 4.35. The summed E-state index contributed by atoms with van der Waals surface area (Å²) in [7, 11) is 0. The average Bonchev–Trinajstić information content (AvgIpc) is 2.82. The van der Waals surface area contributed by atoms with Crippen LogP contribution >= 0.6 is 15.9 Å². The fourth-order valence-corrected chi connectivity index (χ4v) is 2.83. The normalized spacial score (nSPS) is 23.1. The minimum Gasteiger partial charge on any atom is -0.330 e. The zero-order valence-corrected chi connectivity index (χ0v) is 11.5. The molecule has 0 aliphatic heterocycles. The lowest BCUT2D eigenvalue weighted by Gasteiger charge is -2.17. The number of hydrogen-bond donors (Lipinski definition) is 2. The number of nitrogens with one attached hydrogen (secondary N) is 1. The van der Waals surface area contributed by atoms with Gasteiger partial charge in [0, 0.05) is 10.4 Å². The van der Waals surface area contributed by atoms with E-state index in [0.29, 0.717) is 16.7 Å². The zero-order chi connectivity index (χ0) is 13.1. The van der Waals surface area contributed by atoms with Crippen molar-refractivity contribution in [1.29, 1.82) is 0 Å². The lowest BCUT2D eigenvalue weighted by atomic mass is 9.95. The first kappa shape index (κ1) is 13.5. The Labute approximate surface area is 114 Å². The van der Waals surface area contributed by atoms with Crippen LogP contribution in [0.15, 0.2) is 22.7 Å². The van der Waals surface area contributed by atoms with Crippen molar-refractivity contribution in [1.82, 2.24) is 0 Å². The number of amides is 1. The molecule has 0 spiro atoms. The molecule has 1 aromatic rings. The van der Waals surface area contributed by atoms with E-state index in [4.69, 9.17) is 5.73 Å². The molecule has 3 nitrogen and oxygen atoms in total. The van der Waals surface area contributed by atoms with Crippen LogP contribution in [0.4, 0.5) is 10.1 Å². The molecule has 98 valence electrons. The van der Waals surface area contributed by atoms with E-state index in [-0.39, 0.29) is 23.6 Å². The van der Waals surface area contributed by atoms with Gasteiger partial charge in [0.25, 0.3) is 0 Å². The molecule has 18 heavy (non-hydrogen) atoms. The van der Waals surface area contributed by atoms with Crippen molar-refractivity contribution in [3.8, 4) is 0 Å². The molecule has 5 heteroatoms. The summed E-state index contributed by atoms with van der Waals surface area (Å²) < 4.78 is 13.8. The van der Waals surface area contributed by atoms with Crippen LogP contribution in [0.2, 0.25) is 0 Å². The van der Waals surface area contributed by atoms with Gasteiger partial charge in [0.15, 0.2) is 0 Å². The van der Waals surface area contributed by atoms with E-state index in [2.05, 4.69) is 21.2 Å². The molecule has 1 amide bonds. The van der Waals surface area contributed by atoms with Gasteiger partial charge in [0.05, 0.1) is 5.69 Å². The minimum atomic E-state index is -0.365. The highest BCUT2D eigenvalue weighted by molar-refractivity contribution is 9.10. The van der Waals surface area contributed by atoms with E-state index in [1.165, 1.54) is 12.1 Å². The van der Waals surface area contributed by atoms with Crippen molar-refractivity contribution in [2.24, 2.45) is 17.6 Å². The summed E-state index contributed by atoms with van der Waals surface area (Å²) in [6, 6.07) is 4.24. The van der Waals surface area contributed by atoms with Crippen LogP contribution < -0.4 is 11.1 Å². The third kappa shape index (κ3) is 2.90. The Bertz CT molecular complexity index is 453. The third-order valence-corrected chi connectivity index (χ3v) is 4.18. The highest BCUT2D eigenvalue weighted by Gasteiger charge is 2.32. The largest absolute Gasteiger partial charge is 0.330 e. The van der Waals surface area contributed by atoms with Gasteiger partial charge in [-0.3, -0.25) is 4.79 Å². The lowest BCUT2D eigenvalue weighted by Crippen LogP contribution is -2.29. The number of rotatable bonds is 3. The quantitative estimate of drug-likeness (QED) is 0.901. The van der Waals surface area contributed by atoms with Gasteiger partial charge in [-0.2, -0.15) is 0 Å². The molecule has 2 rings (SSSR count). The maximum absolute atomic E-state index is 13.1. The minimum absolute atomic E-state index is 0.0508. The SMILES string of the molecule is NCC1CCCC1C(=O)Nc1cc(F)ccc1Br. The van der Waals surface area contributed by atoms with Crippen LogP contribution in [0.3, 0.4) is 0 Å². The molecule has 1 aliphatic carbocycles. The number of anilines is 1. The smallest absolute Gasteiger partial charge is 0.227 e. The fraction of sp³-hybridized carbons (Fsp3) is 0.462. The predicted octanol–water partition coefficient (Wildman–Crippen LogP) is 2.90. The summed E-state index contributed by atoms with van der Waals surface area (Å²) in [5, 5.41) is 2.78. The van der Waals surface area contributed by atoms with Crippen LogP contribution in [-0.4, -0.2) is 12.5 Å². The van der Waals surface area contributed by atoms with Gasteiger partial charge in [-0.25, -0.2) is 4.39 Å². The molecule has 0 heterocycles. The lowest BCUT2D eigenvalue weighted by molar-refractivity contribution is -0.120. The molecule has 2 unspecified atom stereocenters. The predicted molar refractivity (Wildman–Crippen MR) is 72.6 cm³/mol. The summed E-state index contributed by atoms with van der Waals surface area (Å²) in [6.45, 7) is 0.530. The molecular weight excluding hydrogens is 299 g/mol. The van der Waals surface area contributed by atoms with Crippen LogP contribution in [0.5, 0.6) is 0 Å². The maximum atomic E-state index is 13.1. The Hall–Kier alpha value is -0.940. The highest BCUT2D eigenvalue weighted by Crippen LogP contribution is 2.32. The average molecular weight is 315 g/mol. The second-order valence-corrected chi connectivity index (χ2v) is 5.50. The number of benzene rings is 1. The van der Waals surface area contributed by atoms with Gasteiger partial charge < -0.3 is 11.1 Å². The summed E-state index contributed by atoms with van der Waals surface area (Å²) in [4.78, 5) is 12.1. The second kappa shape index (κ2) is 5.80. The number of halogens is 2. The first-order valence-corrected chi connectivity index (χ1v) is 6.87. The summed E-state index contributed by atoms with van der Waals surface area (Å²) in [6.07, 6.45) is 2.89. The number of hydrogen-bond acceptors (Lipinski definition) is 2. The van der Waals surface area contributed by atoms with Crippen molar-refractivity contribution >= 4 is 27.5 Å². The van der Waals surface area contributed by atoms with Gasteiger partial charge in [0.2, 0.25) is 5.91 Å². The van der Waals surface area contributed by atoms with E-state index in [0.717, 1.165) is 19.3 Å². The molecule has 0 saturated heterocycles. The monoisotopic (exact) mass is 314 g/mol. The van der Waals surface area contributed by atoms with Gasteiger partial charge in [0.1, 0.15) is 5.82 Å². The van der Waals surface area contributed by atoms with E-state index >= 15 is 0 Å². The molecule has 1 fully saturated rings. The molecule has 1 saturated carbocycles. The van der Waals surface area contributed by atoms with E-state index in [1.807, 2.05) is 0 Å². The van der Waals surface area contributed by atoms with Crippen molar-refractivity contribution in [3.63, 3.8) is 0 Å². The highest BCUT2D eigenvalue weighted by atomic mass is 79.9. The number of carbonyl (C=O) groups is 1. The molecule has 0 bridgehead atoms. The van der Waals surface area contributed by atoms with Crippen molar-refractivity contribution < 1.29 is 9.18 Å². The van der Waals surface area contributed by atoms with Gasteiger partial charge in [-0.15, -0.1) is 0 Å². The van der Waals surface area contributed by atoms with Crippen molar-refractivity contribution in [3.05, 3.63) is 28.5 Å². The Morgan fingerprint density at radius 3 is 3.00 bits per heavy atom. The Balaban J connectivity index is 2.09. The Morgan fingerprint density at radius 2 is 2.28 bits per heavy atom. The maximum Gasteiger partial charge on any atom is 0.227 e. The molecule has 2 atom stereocenters. The first-order chi connectivity index (χ1) is 8.61. The standard InChI is InChI=1S/C13H16BrFN2O/c14-11-5-4-9(15)6-12(11)17-13(18)10-3-1-2-8(10)7-16/h4-6,8,10H,1-3,7,16H2,(H,17,18). The Morgan fingerprint density at radius 1 is 1.50 bits per heavy atom. The summed E-state index contributed by atoms with van der Waals surface area (Å²) in [5.41, 5.74) is 6.13. The zero-order valence-electron chi connectivity index (χ0n) is 9.96. The van der Waals surface area contributed by atoms with Crippen LogP contribution in [0.25, 0.3) is 0 Å².